The Labute approximate surface area is 110 Å². The van der Waals surface area contributed by atoms with Gasteiger partial charge in [0, 0.05) is 34.1 Å². The highest BCUT2D eigenvalue weighted by Gasteiger charge is 2.15. The molecule has 0 spiro atoms. The second-order valence-corrected chi connectivity index (χ2v) is 5.81. The zero-order valence-electron chi connectivity index (χ0n) is 9.32. The van der Waals surface area contributed by atoms with Gasteiger partial charge in [-0.1, -0.05) is 11.6 Å². The van der Waals surface area contributed by atoms with Crippen LogP contribution < -0.4 is 5.32 Å². The van der Waals surface area contributed by atoms with Crippen LogP contribution in [0, 0.1) is 0 Å². The highest BCUT2D eigenvalue weighted by Crippen LogP contribution is 2.27. The van der Waals surface area contributed by atoms with Gasteiger partial charge < -0.3 is 5.32 Å². The van der Waals surface area contributed by atoms with Crippen molar-refractivity contribution in [3.8, 4) is 0 Å². The number of halogens is 1. The van der Waals surface area contributed by atoms with Gasteiger partial charge in [0.05, 0.1) is 5.52 Å². The maximum absolute atomic E-state index is 5.98. The lowest BCUT2D eigenvalue weighted by atomic mass is 10.1. The van der Waals surface area contributed by atoms with Crippen molar-refractivity contribution < 1.29 is 0 Å². The van der Waals surface area contributed by atoms with Gasteiger partial charge in [0.25, 0.3) is 0 Å². The number of thioether (sulfide) groups is 1. The highest BCUT2D eigenvalue weighted by molar-refractivity contribution is 7.99. The maximum atomic E-state index is 5.98. The molecule has 1 N–H and O–H groups in total. The molecule has 3 rings (SSSR count). The number of hydrogen-bond donors (Lipinski definition) is 1. The normalized spacial score (nSPS) is 19.7. The van der Waals surface area contributed by atoms with Crippen LogP contribution in [0.15, 0.2) is 30.5 Å². The van der Waals surface area contributed by atoms with E-state index in [0.29, 0.717) is 6.04 Å². The monoisotopic (exact) mass is 264 g/mol. The van der Waals surface area contributed by atoms with Gasteiger partial charge in [-0.05, 0) is 36.4 Å². The summed E-state index contributed by atoms with van der Waals surface area (Å²) in [4.78, 5) is 4.35. The fourth-order valence-corrected chi connectivity index (χ4v) is 3.43. The lowest BCUT2D eigenvalue weighted by molar-refractivity contribution is 0.814. The predicted molar refractivity (Wildman–Crippen MR) is 76.1 cm³/mol. The summed E-state index contributed by atoms with van der Waals surface area (Å²) in [5.41, 5.74) is 2.12. The van der Waals surface area contributed by atoms with Crippen molar-refractivity contribution >= 4 is 40.0 Å². The third-order valence-corrected chi connectivity index (χ3v) is 4.39. The van der Waals surface area contributed by atoms with Crippen LogP contribution in [0.25, 0.3) is 10.9 Å². The summed E-state index contributed by atoms with van der Waals surface area (Å²) in [6, 6.07) is 8.49. The first-order valence-electron chi connectivity index (χ1n) is 5.71. The first-order valence-corrected chi connectivity index (χ1v) is 7.25. The zero-order chi connectivity index (χ0) is 11.7. The van der Waals surface area contributed by atoms with E-state index in [1.54, 1.807) is 0 Å². The number of nitrogens with zero attached hydrogens (tertiary/aromatic N) is 1. The van der Waals surface area contributed by atoms with Crippen LogP contribution in [-0.2, 0) is 0 Å². The molecule has 17 heavy (non-hydrogen) atoms. The fourth-order valence-electron chi connectivity index (χ4n) is 2.12. The van der Waals surface area contributed by atoms with E-state index in [4.69, 9.17) is 11.6 Å². The van der Waals surface area contributed by atoms with Gasteiger partial charge in [-0.15, -0.1) is 0 Å². The molecule has 1 fully saturated rings. The average molecular weight is 265 g/mol. The van der Waals surface area contributed by atoms with Gasteiger partial charge in [-0.2, -0.15) is 11.8 Å². The van der Waals surface area contributed by atoms with Crippen molar-refractivity contribution in [1.82, 2.24) is 4.98 Å². The van der Waals surface area contributed by atoms with Crippen LogP contribution in [0.3, 0.4) is 0 Å². The SMILES string of the molecule is Clc1ccc2c(NC3CCSC3)ccnc2c1. The first-order chi connectivity index (χ1) is 8.33. The van der Waals surface area contributed by atoms with E-state index < -0.39 is 0 Å². The summed E-state index contributed by atoms with van der Waals surface area (Å²) >= 11 is 7.99. The summed E-state index contributed by atoms with van der Waals surface area (Å²) in [6.45, 7) is 0. The largest absolute Gasteiger partial charge is 0.381 e. The fraction of sp³-hybridized carbons (Fsp3) is 0.308. The van der Waals surface area contributed by atoms with Gasteiger partial charge >= 0.3 is 0 Å². The van der Waals surface area contributed by atoms with E-state index in [2.05, 4.69) is 10.3 Å². The highest BCUT2D eigenvalue weighted by atomic mass is 35.5. The van der Waals surface area contributed by atoms with Gasteiger partial charge in [-0.25, -0.2) is 0 Å². The van der Waals surface area contributed by atoms with E-state index in [1.807, 2.05) is 42.2 Å². The van der Waals surface area contributed by atoms with Crippen LogP contribution in [0.1, 0.15) is 6.42 Å². The smallest absolute Gasteiger partial charge is 0.0737 e. The molecule has 1 aromatic carbocycles. The van der Waals surface area contributed by atoms with Crippen molar-refractivity contribution in [2.45, 2.75) is 12.5 Å². The number of fused-ring (bicyclic) bond motifs is 1. The Bertz CT molecular complexity index is 538. The minimum absolute atomic E-state index is 0.585. The molecule has 1 aliphatic rings. The van der Waals surface area contributed by atoms with Crippen LogP contribution in [0.4, 0.5) is 5.69 Å². The Balaban J connectivity index is 1.97. The number of hydrogen-bond acceptors (Lipinski definition) is 3. The van der Waals surface area contributed by atoms with Crippen LogP contribution in [0.2, 0.25) is 5.02 Å². The van der Waals surface area contributed by atoms with E-state index in [-0.39, 0.29) is 0 Å². The number of rotatable bonds is 2. The number of benzene rings is 1. The summed E-state index contributed by atoms with van der Waals surface area (Å²) in [5, 5.41) is 5.48. The zero-order valence-corrected chi connectivity index (χ0v) is 10.9. The molecule has 4 heteroatoms. The molecule has 1 atom stereocenters. The van der Waals surface area contributed by atoms with E-state index in [1.165, 1.54) is 23.6 Å². The molecule has 2 heterocycles. The summed E-state index contributed by atoms with van der Waals surface area (Å²) in [5.74, 6) is 2.45. The van der Waals surface area contributed by atoms with E-state index >= 15 is 0 Å². The van der Waals surface area contributed by atoms with Gasteiger partial charge in [-0.3, -0.25) is 4.98 Å². The minimum Gasteiger partial charge on any atom is -0.381 e. The molecule has 1 saturated heterocycles. The van der Waals surface area contributed by atoms with E-state index in [9.17, 15) is 0 Å². The molecule has 2 nitrogen and oxygen atoms in total. The lowest BCUT2D eigenvalue weighted by Crippen LogP contribution is -2.18. The molecule has 0 aliphatic carbocycles. The van der Waals surface area contributed by atoms with Gasteiger partial charge in [0.15, 0.2) is 0 Å². The maximum Gasteiger partial charge on any atom is 0.0737 e. The first kappa shape index (κ1) is 11.2. The molecular formula is C13H13ClN2S. The third kappa shape index (κ3) is 2.35. The molecule has 1 unspecified atom stereocenters. The van der Waals surface area contributed by atoms with Gasteiger partial charge in [0.2, 0.25) is 0 Å². The molecule has 1 aliphatic heterocycles. The molecule has 0 saturated carbocycles. The van der Waals surface area contributed by atoms with Crippen molar-refractivity contribution in [2.75, 3.05) is 16.8 Å². The van der Waals surface area contributed by atoms with Crippen LogP contribution >= 0.6 is 23.4 Å². The average Bonchev–Trinajstić information content (AvgIpc) is 2.82. The second kappa shape index (κ2) is 4.75. The topological polar surface area (TPSA) is 24.9 Å². The summed E-state index contributed by atoms with van der Waals surface area (Å²) in [7, 11) is 0. The second-order valence-electron chi connectivity index (χ2n) is 4.22. The summed E-state index contributed by atoms with van der Waals surface area (Å²) in [6.07, 6.45) is 3.07. The Hall–Kier alpha value is -0.930. The lowest BCUT2D eigenvalue weighted by Gasteiger charge is -2.14. The molecule has 2 aromatic rings. The predicted octanol–water partition coefficient (Wildman–Crippen LogP) is 3.81. The molecule has 0 bridgehead atoms. The molecule has 0 radical (unpaired) electrons. The molecule has 88 valence electrons. The molecular weight excluding hydrogens is 252 g/mol. The number of anilines is 1. The quantitative estimate of drug-likeness (QED) is 0.893. The van der Waals surface area contributed by atoms with Crippen molar-refractivity contribution in [1.29, 1.82) is 0 Å². The minimum atomic E-state index is 0.585. The van der Waals surface area contributed by atoms with Crippen molar-refractivity contribution in [3.63, 3.8) is 0 Å². The molecule has 0 amide bonds. The van der Waals surface area contributed by atoms with Crippen molar-refractivity contribution in [3.05, 3.63) is 35.5 Å². The Kier molecular flexibility index (Phi) is 3.12. The summed E-state index contributed by atoms with van der Waals surface area (Å²) < 4.78 is 0. The Morgan fingerprint density at radius 2 is 2.29 bits per heavy atom. The number of aromatic nitrogens is 1. The molecule has 1 aromatic heterocycles. The number of pyridine rings is 1. The standard InChI is InChI=1S/C13H13ClN2S/c14-9-1-2-11-12(3-5-15-13(11)7-9)16-10-4-6-17-8-10/h1-3,5,7,10H,4,6,8H2,(H,15,16). The van der Waals surface area contributed by atoms with E-state index in [0.717, 1.165) is 15.9 Å². The Morgan fingerprint density at radius 3 is 3.12 bits per heavy atom. The Morgan fingerprint density at radius 1 is 1.35 bits per heavy atom. The van der Waals surface area contributed by atoms with Gasteiger partial charge in [0.1, 0.15) is 0 Å². The van der Waals surface area contributed by atoms with Crippen molar-refractivity contribution in [2.24, 2.45) is 0 Å². The third-order valence-electron chi connectivity index (χ3n) is 2.99. The van der Waals surface area contributed by atoms with Crippen LogP contribution in [-0.4, -0.2) is 22.5 Å². The number of nitrogens with one attached hydrogen (secondary N) is 1. The van der Waals surface area contributed by atoms with Crippen LogP contribution in [0.5, 0.6) is 0 Å².